The third kappa shape index (κ3) is 4.05. The second kappa shape index (κ2) is 6.53. The summed E-state index contributed by atoms with van der Waals surface area (Å²) in [6, 6.07) is 7.61. The van der Waals surface area contributed by atoms with Crippen molar-refractivity contribution in [2.24, 2.45) is 11.7 Å². The number of nitrogens with two attached hydrogens (primary N) is 1. The third-order valence-electron chi connectivity index (χ3n) is 3.14. The van der Waals surface area contributed by atoms with E-state index in [0.29, 0.717) is 12.5 Å². The molecule has 1 aromatic carbocycles. The second-order valence-electron chi connectivity index (χ2n) is 5.45. The number of carbonyl (C=O) groups excluding carboxylic acids is 1. The highest BCUT2D eigenvalue weighted by Gasteiger charge is 2.34. The fourth-order valence-electron chi connectivity index (χ4n) is 2.04. The second-order valence-corrected chi connectivity index (χ2v) is 6.36. The molecule has 0 bridgehead atoms. The van der Waals surface area contributed by atoms with Gasteiger partial charge in [-0.25, -0.2) is 0 Å². The zero-order valence-corrected chi connectivity index (χ0v) is 13.7. The van der Waals surface area contributed by atoms with Crippen molar-refractivity contribution >= 4 is 21.8 Å². The van der Waals surface area contributed by atoms with E-state index in [4.69, 9.17) is 5.73 Å². The summed E-state index contributed by atoms with van der Waals surface area (Å²) in [4.78, 5) is 14.4. The molecule has 1 amide bonds. The van der Waals surface area contributed by atoms with Crippen LogP contribution in [0.1, 0.15) is 33.3 Å². The highest BCUT2D eigenvalue weighted by molar-refractivity contribution is 9.10. The van der Waals surface area contributed by atoms with Gasteiger partial charge in [0.2, 0.25) is 5.91 Å². The van der Waals surface area contributed by atoms with Crippen LogP contribution in [0.15, 0.2) is 28.7 Å². The largest absolute Gasteiger partial charge is 0.341 e. The average Bonchev–Trinajstić information content (AvgIpc) is 2.35. The first kappa shape index (κ1) is 16.2. The summed E-state index contributed by atoms with van der Waals surface area (Å²) in [5.41, 5.74) is 6.13. The van der Waals surface area contributed by atoms with E-state index in [1.54, 1.807) is 6.92 Å². The molecule has 1 rings (SSSR count). The predicted molar refractivity (Wildman–Crippen MR) is 82.8 cm³/mol. The van der Waals surface area contributed by atoms with Crippen molar-refractivity contribution < 1.29 is 4.79 Å². The Morgan fingerprint density at radius 3 is 2.32 bits per heavy atom. The average molecular weight is 327 g/mol. The number of amides is 1. The molecule has 0 aromatic heterocycles. The molecule has 4 heteroatoms. The molecule has 0 saturated carbocycles. The lowest BCUT2D eigenvalue weighted by Crippen LogP contribution is -2.51. The summed E-state index contributed by atoms with van der Waals surface area (Å²) < 4.78 is 0.981. The molecule has 106 valence electrons. The highest BCUT2D eigenvalue weighted by Crippen LogP contribution is 2.23. The summed E-state index contributed by atoms with van der Waals surface area (Å²) in [6.07, 6.45) is 0. The summed E-state index contributed by atoms with van der Waals surface area (Å²) in [6.45, 7) is 9.38. The molecule has 2 N–H and O–H groups in total. The van der Waals surface area contributed by atoms with Gasteiger partial charge in [0, 0.05) is 17.6 Å². The van der Waals surface area contributed by atoms with Gasteiger partial charge in [0.05, 0.1) is 0 Å². The van der Waals surface area contributed by atoms with Gasteiger partial charge in [-0.1, -0.05) is 41.9 Å². The number of nitrogens with zero attached hydrogens (tertiary/aromatic N) is 1. The van der Waals surface area contributed by atoms with E-state index in [-0.39, 0.29) is 5.91 Å². The predicted octanol–water partition coefficient (Wildman–Crippen LogP) is 3.13. The van der Waals surface area contributed by atoms with Gasteiger partial charge in [0.1, 0.15) is 5.54 Å². The van der Waals surface area contributed by atoms with Crippen LogP contribution in [0.2, 0.25) is 0 Å². The monoisotopic (exact) mass is 326 g/mol. The molecule has 0 aliphatic carbocycles. The smallest absolute Gasteiger partial charge is 0.246 e. The van der Waals surface area contributed by atoms with Gasteiger partial charge in [0.25, 0.3) is 0 Å². The molecule has 0 heterocycles. The molecular weight excluding hydrogens is 304 g/mol. The zero-order valence-electron chi connectivity index (χ0n) is 12.1. The molecule has 0 aliphatic heterocycles. The van der Waals surface area contributed by atoms with E-state index in [9.17, 15) is 4.79 Å². The van der Waals surface area contributed by atoms with Crippen LogP contribution in [-0.2, 0) is 10.3 Å². The lowest BCUT2D eigenvalue weighted by atomic mass is 9.91. The van der Waals surface area contributed by atoms with Gasteiger partial charge < -0.3 is 10.6 Å². The van der Waals surface area contributed by atoms with Crippen LogP contribution in [0.3, 0.4) is 0 Å². The summed E-state index contributed by atoms with van der Waals surface area (Å²) in [5, 5.41) is 0. The topological polar surface area (TPSA) is 46.3 Å². The van der Waals surface area contributed by atoms with Crippen molar-refractivity contribution in [3.63, 3.8) is 0 Å². The Labute approximate surface area is 124 Å². The Bertz CT molecular complexity index is 426. The quantitative estimate of drug-likeness (QED) is 0.903. The fourth-order valence-corrected chi connectivity index (χ4v) is 2.31. The molecule has 1 aromatic rings. The number of halogens is 1. The summed E-state index contributed by atoms with van der Waals surface area (Å²) in [7, 11) is 0. The van der Waals surface area contributed by atoms with Crippen molar-refractivity contribution in [3.8, 4) is 0 Å². The van der Waals surface area contributed by atoms with Crippen LogP contribution < -0.4 is 5.73 Å². The minimum absolute atomic E-state index is 0.0222. The van der Waals surface area contributed by atoms with Crippen LogP contribution >= 0.6 is 15.9 Å². The minimum Gasteiger partial charge on any atom is -0.341 e. The van der Waals surface area contributed by atoms with E-state index < -0.39 is 5.54 Å². The molecule has 0 radical (unpaired) electrons. The first-order valence-electron chi connectivity index (χ1n) is 6.63. The Kier molecular flexibility index (Phi) is 5.56. The standard InChI is InChI=1S/C15H23BrN2O/c1-5-18(10-11(2)3)14(19)15(4,17)12-6-8-13(16)9-7-12/h6-9,11H,5,10,17H2,1-4H3. The van der Waals surface area contributed by atoms with E-state index in [1.807, 2.05) is 36.1 Å². The number of carbonyl (C=O) groups is 1. The van der Waals surface area contributed by atoms with Gasteiger partial charge in [-0.3, -0.25) is 4.79 Å². The fraction of sp³-hybridized carbons (Fsp3) is 0.533. The summed E-state index contributed by atoms with van der Waals surface area (Å²) >= 11 is 3.39. The molecule has 19 heavy (non-hydrogen) atoms. The van der Waals surface area contributed by atoms with Gasteiger partial charge in [-0.05, 0) is 37.5 Å². The van der Waals surface area contributed by atoms with Crippen molar-refractivity contribution in [2.75, 3.05) is 13.1 Å². The number of benzene rings is 1. The maximum Gasteiger partial charge on any atom is 0.246 e. The maximum atomic E-state index is 12.6. The lowest BCUT2D eigenvalue weighted by molar-refractivity contribution is -0.137. The van der Waals surface area contributed by atoms with Crippen LogP contribution in [0.25, 0.3) is 0 Å². The molecule has 3 nitrogen and oxygen atoms in total. The van der Waals surface area contributed by atoms with Crippen LogP contribution in [0.4, 0.5) is 0 Å². The SMILES string of the molecule is CCN(CC(C)C)C(=O)C(C)(N)c1ccc(Br)cc1. The zero-order chi connectivity index (χ0) is 14.6. The molecule has 0 aliphatic rings. The molecule has 1 atom stereocenters. The molecule has 1 unspecified atom stereocenters. The van der Waals surface area contributed by atoms with Crippen molar-refractivity contribution in [3.05, 3.63) is 34.3 Å². The van der Waals surface area contributed by atoms with E-state index in [2.05, 4.69) is 29.8 Å². The number of hydrogen-bond acceptors (Lipinski definition) is 2. The molecule has 0 fully saturated rings. The first-order valence-corrected chi connectivity index (χ1v) is 7.42. The highest BCUT2D eigenvalue weighted by atomic mass is 79.9. The Morgan fingerprint density at radius 1 is 1.37 bits per heavy atom. The van der Waals surface area contributed by atoms with Gasteiger partial charge in [-0.15, -0.1) is 0 Å². The van der Waals surface area contributed by atoms with Crippen molar-refractivity contribution in [1.82, 2.24) is 4.90 Å². The van der Waals surface area contributed by atoms with E-state index in [0.717, 1.165) is 16.6 Å². The maximum absolute atomic E-state index is 12.6. The molecule has 0 saturated heterocycles. The lowest BCUT2D eigenvalue weighted by Gasteiger charge is -2.32. The van der Waals surface area contributed by atoms with E-state index in [1.165, 1.54) is 0 Å². The third-order valence-corrected chi connectivity index (χ3v) is 3.67. The first-order chi connectivity index (χ1) is 8.78. The Balaban J connectivity index is 2.97. The number of hydrogen-bond donors (Lipinski definition) is 1. The number of rotatable bonds is 5. The Hall–Kier alpha value is -0.870. The molecular formula is C15H23BrN2O. The van der Waals surface area contributed by atoms with Gasteiger partial charge in [0.15, 0.2) is 0 Å². The van der Waals surface area contributed by atoms with Gasteiger partial charge in [-0.2, -0.15) is 0 Å². The van der Waals surface area contributed by atoms with E-state index >= 15 is 0 Å². The minimum atomic E-state index is -0.981. The van der Waals surface area contributed by atoms with Gasteiger partial charge >= 0.3 is 0 Å². The van der Waals surface area contributed by atoms with Crippen molar-refractivity contribution in [1.29, 1.82) is 0 Å². The normalized spacial score (nSPS) is 14.3. The van der Waals surface area contributed by atoms with Crippen LogP contribution in [0, 0.1) is 5.92 Å². The molecule has 0 spiro atoms. The van der Waals surface area contributed by atoms with Crippen molar-refractivity contribution in [2.45, 2.75) is 33.2 Å². The number of likely N-dealkylation sites (N-methyl/N-ethyl adjacent to an activating group) is 1. The van der Waals surface area contributed by atoms with Crippen LogP contribution in [0.5, 0.6) is 0 Å². The van der Waals surface area contributed by atoms with Crippen LogP contribution in [-0.4, -0.2) is 23.9 Å². The Morgan fingerprint density at radius 2 is 1.89 bits per heavy atom. The summed E-state index contributed by atoms with van der Waals surface area (Å²) in [5.74, 6) is 0.413.